The summed E-state index contributed by atoms with van der Waals surface area (Å²) in [6, 6.07) is 0. The topological polar surface area (TPSA) is 52.6 Å². The van der Waals surface area contributed by atoms with Crippen LogP contribution in [-0.4, -0.2) is 24.1 Å². The molecular formula is C26H48O4. The van der Waals surface area contributed by atoms with Crippen molar-refractivity contribution < 1.29 is 19.1 Å². The van der Waals surface area contributed by atoms with Crippen LogP contribution in [0.4, 0.5) is 0 Å². The highest BCUT2D eigenvalue weighted by Gasteiger charge is 2.31. The first kappa shape index (κ1) is 27.0. The predicted octanol–water partition coefficient (Wildman–Crippen LogP) is 7.67. The van der Waals surface area contributed by atoms with E-state index < -0.39 is 0 Å². The molecular weight excluding hydrogens is 376 g/mol. The van der Waals surface area contributed by atoms with E-state index in [1.54, 1.807) is 0 Å². The van der Waals surface area contributed by atoms with Crippen molar-refractivity contribution in [3.05, 3.63) is 0 Å². The summed E-state index contributed by atoms with van der Waals surface area (Å²) in [5.74, 6) is -0.243. The molecule has 0 aliphatic heterocycles. The standard InChI is InChI=1S/C26H48O4/c1-3-5-7-9-11-13-15-21-25(27)29-23-19-17-18-20-24(23)30-26(28)22-16-14-12-10-8-6-4-2/h23-24H,3-22H2,1-2H3. The van der Waals surface area contributed by atoms with E-state index in [-0.39, 0.29) is 24.1 Å². The summed E-state index contributed by atoms with van der Waals surface area (Å²) in [6.45, 7) is 4.45. The van der Waals surface area contributed by atoms with Gasteiger partial charge in [0.2, 0.25) is 0 Å². The van der Waals surface area contributed by atoms with Gasteiger partial charge in [-0.25, -0.2) is 0 Å². The van der Waals surface area contributed by atoms with Gasteiger partial charge < -0.3 is 9.47 Å². The Hall–Kier alpha value is -1.06. The van der Waals surface area contributed by atoms with Gasteiger partial charge >= 0.3 is 11.9 Å². The number of ether oxygens (including phenoxy) is 2. The quantitative estimate of drug-likeness (QED) is 0.167. The largest absolute Gasteiger partial charge is 0.458 e. The van der Waals surface area contributed by atoms with Crippen molar-refractivity contribution in [2.75, 3.05) is 0 Å². The molecule has 0 bridgehead atoms. The fourth-order valence-corrected chi connectivity index (χ4v) is 4.24. The van der Waals surface area contributed by atoms with E-state index in [9.17, 15) is 9.59 Å². The number of unbranched alkanes of at least 4 members (excludes halogenated alkanes) is 12. The summed E-state index contributed by atoms with van der Waals surface area (Å²) in [7, 11) is 0. The molecule has 2 atom stereocenters. The molecule has 1 aliphatic carbocycles. The van der Waals surface area contributed by atoms with Crippen molar-refractivity contribution >= 4 is 11.9 Å². The van der Waals surface area contributed by atoms with Crippen molar-refractivity contribution in [1.29, 1.82) is 0 Å². The Morgan fingerprint density at radius 3 is 1.27 bits per heavy atom. The second-order valence-electron chi connectivity index (χ2n) is 9.08. The Morgan fingerprint density at radius 2 is 0.900 bits per heavy atom. The monoisotopic (exact) mass is 424 g/mol. The van der Waals surface area contributed by atoms with E-state index >= 15 is 0 Å². The molecule has 4 heteroatoms. The molecule has 0 radical (unpaired) electrons. The molecule has 0 aromatic rings. The van der Waals surface area contributed by atoms with E-state index in [1.807, 2.05) is 0 Å². The molecule has 0 saturated heterocycles. The minimum atomic E-state index is -0.242. The molecule has 1 rings (SSSR count). The SMILES string of the molecule is CCCCCCCCCC(=O)OC1CCCCC1OC(=O)CCCCCCCCC. The third kappa shape index (κ3) is 14.0. The van der Waals surface area contributed by atoms with Crippen LogP contribution in [0.15, 0.2) is 0 Å². The highest BCUT2D eigenvalue weighted by molar-refractivity contribution is 5.70. The van der Waals surface area contributed by atoms with Crippen molar-refractivity contribution in [1.82, 2.24) is 0 Å². The van der Waals surface area contributed by atoms with Crippen molar-refractivity contribution in [3.63, 3.8) is 0 Å². The second kappa shape index (κ2) is 18.7. The van der Waals surface area contributed by atoms with Gasteiger partial charge in [0.1, 0.15) is 12.2 Å². The number of hydrogen-bond donors (Lipinski definition) is 0. The van der Waals surface area contributed by atoms with Crippen molar-refractivity contribution in [2.24, 2.45) is 0 Å². The normalized spacial score (nSPS) is 18.9. The summed E-state index contributed by atoms with van der Waals surface area (Å²) in [5.41, 5.74) is 0. The van der Waals surface area contributed by atoms with Crippen LogP contribution in [0.5, 0.6) is 0 Å². The van der Waals surface area contributed by atoms with Gasteiger partial charge in [-0.3, -0.25) is 9.59 Å². The Labute approximate surface area is 185 Å². The van der Waals surface area contributed by atoms with E-state index in [0.717, 1.165) is 51.4 Å². The fraction of sp³-hybridized carbons (Fsp3) is 0.923. The summed E-state index contributed by atoms with van der Waals surface area (Å²) < 4.78 is 11.4. The summed E-state index contributed by atoms with van der Waals surface area (Å²) >= 11 is 0. The van der Waals surface area contributed by atoms with Gasteiger partial charge in [-0.2, -0.15) is 0 Å². The first-order chi connectivity index (χ1) is 14.7. The molecule has 1 aliphatic rings. The minimum absolute atomic E-state index is 0.122. The zero-order valence-corrected chi connectivity index (χ0v) is 19.9. The van der Waals surface area contributed by atoms with Crippen LogP contribution in [0.3, 0.4) is 0 Å². The number of hydrogen-bond acceptors (Lipinski definition) is 4. The number of carbonyl (C=O) groups excluding carboxylic acids is 2. The number of esters is 2. The van der Waals surface area contributed by atoms with Crippen LogP contribution in [0.1, 0.15) is 142 Å². The molecule has 176 valence electrons. The maximum Gasteiger partial charge on any atom is 0.306 e. The molecule has 0 heterocycles. The Bertz CT molecular complexity index is 395. The van der Waals surface area contributed by atoms with Gasteiger partial charge in [0.05, 0.1) is 0 Å². The molecule has 0 spiro atoms. The molecule has 0 aromatic carbocycles. The summed E-state index contributed by atoms with van der Waals surface area (Å²) in [4.78, 5) is 24.5. The van der Waals surface area contributed by atoms with E-state index in [0.29, 0.717) is 12.8 Å². The molecule has 4 nitrogen and oxygen atoms in total. The molecule has 0 N–H and O–H groups in total. The van der Waals surface area contributed by atoms with E-state index in [1.165, 1.54) is 64.2 Å². The van der Waals surface area contributed by atoms with Crippen molar-refractivity contribution in [2.45, 2.75) is 154 Å². The summed E-state index contributed by atoms with van der Waals surface area (Å²) in [5, 5.41) is 0. The molecule has 1 saturated carbocycles. The number of carbonyl (C=O) groups is 2. The molecule has 2 unspecified atom stereocenters. The maximum absolute atomic E-state index is 12.2. The van der Waals surface area contributed by atoms with E-state index in [2.05, 4.69) is 13.8 Å². The predicted molar refractivity (Wildman–Crippen MR) is 123 cm³/mol. The summed E-state index contributed by atoms with van der Waals surface area (Å²) in [6.07, 6.45) is 20.9. The Kier molecular flexibility index (Phi) is 16.8. The average Bonchev–Trinajstić information content (AvgIpc) is 2.74. The third-order valence-corrected chi connectivity index (χ3v) is 6.18. The zero-order chi connectivity index (χ0) is 21.9. The Morgan fingerprint density at radius 1 is 0.567 bits per heavy atom. The first-order valence-corrected chi connectivity index (χ1v) is 13.1. The van der Waals surface area contributed by atoms with Crippen LogP contribution in [0.25, 0.3) is 0 Å². The fourth-order valence-electron chi connectivity index (χ4n) is 4.24. The van der Waals surface area contributed by atoms with Gasteiger partial charge in [0, 0.05) is 12.8 Å². The molecule has 0 aromatic heterocycles. The average molecular weight is 425 g/mol. The van der Waals surface area contributed by atoms with Crippen LogP contribution < -0.4 is 0 Å². The van der Waals surface area contributed by atoms with Crippen LogP contribution in [0.2, 0.25) is 0 Å². The second-order valence-corrected chi connectivity index (χ2v) is 9.08. The lowest BCUT2D eigenvalue weighted by atomic mass is 9.94. The first-order valence-electron chi connectivity index (χ1n) is 13.1. The number of rotatable bonds is 18. The van der Waals surface area contributed by atoms with Gasteiger partial charge in [-0.15, -0.1) is 0 Å². The van der Waals surface area contributed by atoms with Gasteiger partial charge in [-0.05, 0) is 38.5 Å². The third-order valence-electron chi connectivity index (χ3n) is 6.18. The lowest BCUT2D eigenvalue weighted by Gasteiger charge is -2.30. The Balaban J connectivity index is 2.17. The highest BCUT2D eigenvalue weighted by atomic mass is 16.6. The van der Waals surface area contributed by atoms with Gasteiger partial charge in [0.15, 0.2) is 0 Å². The van der Waals surface area contributed by atoms with Gasteiger partial charge in [0.25, 0.3) is 0 Å². The minimum Gasteiger partial charge on any atom is -0.458 e. The van der Waals surface area contributed by atoms with E-state index in [4.69, 9.17) is 9.47 Å². The lowest BCUT2D eigenvalue weighted by molar-refractivity contribution is -0.171. The molecule has 0 amide bonds. The van der Waals surface area contributed by atoms with Crippen LogP contribution >= 0.6 is 0 Å². The van der Waals surface area contributed by atoms with Crippen molar-refractivity contribution in [3.8, 4) is 0 Å². The zero-order valence-electron chi connectivity index (χ0n) is 19.9. The molecule has 1 fully saturated rings. The van der Waals surface area contributed by atoms with Gasteiger partial charge in [-0.1, -0.05) is 90.9 Å². The van der Waals surface area contributed by atoms with Crippen LogP contribution in [0, 0.1) is 0 Å². The lowest BCUT2D eigenvalue weighted by Crippen LogP contribution is -2.37. The van der Waals surface area contributed by atoms with Crippen LogP contribution in [-0.2, 0) is 19.1 Å². The smallest absolute Gasteiger partial charge is 0.306 e. The molecule has 30 heavy (non-hydrogen) atoms. The highest BCUT2D eigenvalue weighted by Crippen LogP contribution is 2.25. The maximum atomic E-state index is 12.2.